The van der Waals surface area contributed by atoms with Crippen molar-refractivity contribution < 1.29 is 13.0 Å². The van der Waals surface area contributed by atoms with E-state index in [1.165, 1.54) is 12.5 Å². The largest absolute Gasteiger partial charge is 0.298 e. The summed E-state index contributed by atoms with van der Waals surface area (Å²) in [5.74, 6) is 1.07. The van der Waals surface area contributed by atoms with Crippen LogP contribution < -0.4 is 5.43 Å². The Morgan fingerprint density at radius 1 is 0.829 bits per heavy atom. The van der Waals surface area contributed by atoms with Crippen LogP contribution in [0.4, 0.5) is 0 Å². The molecule has 208 valence electrons. The van der Waals surface area contributed by atoms with E-state index < -0.39 is 15.0 Å². The molecule has 0 fully saturated rings. The normalized spacial score (nSPS) is 19.3. The van der Waals surface area contributed by atoms with Crippen LogP contribution in [0.15, 0.2) is 119 Å². The van der Waals surface area contributed by atoms with Crippen LogP contribution in [0, 0.1) is 0 Å². The highest BCUT2D eigenvalue weighted by Gasteiger charge is 2.34. The molecule has 1 aromatic rings. The number of nitrogens with one attached hydrogen (secondary N) is 1. The first kappa shape index (κ1) is 26.7. The third-order valence-corrected chi connectivity index (χ3v) is 7.73. The summed E-state index contributed by atoms with van der Waals surface area (Å²) in [6.07, 6.45) is 16.0. The van der Waals surface area contributed by atoms with E-state index in [-0.39, 0.29) is 23.1 Å². The van der Waals surface area contributed by atoms with Gasteiger partial charge in [0.1, 0.15) is 22.1 Å². The molecule has 5 heterocycles. The predicted octanol–water partition coefficient (Wildman–Crippen LogP) is 4.29. The van der Waals surface area contributed by atoms with Gasteiger partial charge in [-0.25, -0.2) is 20.0 Å². The number of benzene rings is 1. The second-order valence-corrected chi connectivity index (χ2v) is 11.2. The summed E-state index contributed by atoms with van der Waals surface area (Å²) in [4.78, 5) is 24.4. The zero-order chi connectivity index (χ0) is 28.4. The summed E-state index contributed by atoms with van der Waals surface area (Å²) in [7, 11) is -4.78. The Labute approximate surface area is 238 Å². The molecule has 0 saturated carbocycles. The molecule has 12 heteroatoms. The molecule has 41 heavy (non-hydrogen) atoms. The molecule has 11 nitrogen and oxygen atoms in total. The molecule has 0 atom stereocenters. The second-order valence-electron chi connectivity index (χ2n) is 9.82. The topological polar surface area (TPSA) is 144 Å². The molecule has 2 N–H and O–H groups in total. The van der Waals surface area contributed by atoms with E-state index in [1.54, 1.807) is 24.3 Å². The molecular formula is C29H28N8O3S. The molecular weight excluding hydrogens is 540 g/mol. The monoisotopic (exact) mass is 568 g/mol. The molecule has 6 rings (SSSR count). The van der Waals surface area contributed by atoms with Crippen molar-refractivity contribution in [3.8, 4) is 0 Å². The number of allylic oxidation sites excluding steroid dienone is 7. The van der Waals surface area contributed by atoms with E-state index in [0.29, 0.717) is 41.0 Å². The lowest BCUT2D eigenvalue weighted by molar-refractivity contribution is 0.470. The standard InChI is InChI=1S/C29H28N8O3S/c1-2-3-4-5-9-16-37-24-18-22-13-12-20(30-22)17-21-14-15-23(31-21)27(41(38,39)40)26-25(19-10-7-6-8-11-19)32-28(33-26)34-29(37)36-35-24/h6-8,10-15,17-18,35H,2-5,9,16H2,1H3,(H,38,39,40). The highest BCUT2D eigenvalue weighted by Crippen LogP contribution is 2.27. The lowest BCUT2D eigenvalue weighted by atomic mass is 10.1. The van der Waals surface area contributed by atoms with E-state index >= 15 is 0 Å². The molecule has 5 aliphatic rings. The fourth-order valence-electron chi connectivity index (χ4n) is 4.86. The quantitative estimate of drug-likeness (QED) is 0.355. The molecule has 0 radical (unpaired) electrons. The van der Waals surface area contributed by atoms with Gasteiger partial charge >= 0.3 is 0 Å². The molecule has 0 aliphatic carbocycles. The van der Waals surface area contributed by atoms with Crippen LogP contribution in [0.5, 0.6) is 0 Å². The van der Waals surface area contributed by atoms with Crippen molar-refractivity contribution in [1.82, 2.24) is 10.3 Å². The second kappa shape index (κ2) is 11.1. The van der Waals surface area contributed by atoms with Crippen LogP contribution in [0.3, 0.4) is 0 Å². The fourth-order valence-corrected chi connectivity index (χ4v) is 5.62. The SMILES string of the molecule is CCCCCCCN1C2=CC3=NC(=CC4=NC(=C(S(=O)(=O)O)C5=NC(=NC1=NN2)N=C5c1ccccc1)C=C4)C=C3. The lowest BCUT2D eigenvalue weighted by Crippen LogP contribution is -2.28. The van der Waals surface area contributed by atoms with Crippen molar-refractivity contribution in [2.45, 2.75) is 39.0 Å². The van der Waals surface area contributed by atoms with Crippen molar-refractivity contribution in [1.29, 1.82) is 0 Å². The maximum absolute atomic E-state index is 12.8. The van der Waals surface area contributed by atoms with E-state index in [2.05, 4.69) is 42.4 Å². The minimum Gasteiger partial charge on any atom is -0.294 e. The Bertz CT molecular complexity index is 1740. The molecule has 5 aliphatic heterocycles. The van der Waals surface area contributed by atoms with Crippen molar-refractivity contribution >= 4 is 44.9 Å². The van der Waals surface area contributed by atoms with Gasteiger partial charge in [0, 0.05) is 18.2 Å². The average Bonchev–Trinajstić information content (AvgIpc) is 3.74. The fraction of sp³-hybridized carbons (Fsp3) is 0.241. The third kappa shape index (κ3) is 5.70. The number of fused-ring (bicyclic) bond motifs is 5. The summed E-state index contributed by atoms with van der Waals surface area (Å²) in [5.41, 5.74) is 5.76. The van der Waals surface area contributed by atoms with Gasteiger partial charge in [-0.1, -0.05) is 62.9 Å². The van der Waals surface area contributed by atoms with Crippen molar-refractivity contribution in [3.63, 3.8) is 0 Å². The number of unbranched alkanes of at least 4 members (excludes halogenated alkanes) is 4. The van der Waals surface area contributed by atoms with Crippen LogP contribution in [0.2, 0.25) is 0 Å². The third-order valence-electron chi connectivity index (χ3n) is 6.81. The van der Waals surface area contributed by atoms with E-state index in [4.69, 9.17) is 0 Å². The lowest BCUT2D eigenvalue weighted by Gasteiger charge is -2.18. The molecule has 0 saturated heterocycles. The van der Waals surface area contributed by atoms with Gasteiger partial charge in [-0.05, 0) is 36.8 Å². The molecule has 1 aromatic carbocycles. The van der Waals surface area contributed by atoms with Crippen molar-refractivity contribution in [3.05, 3.63) is 94.5 Å². The highest BCUT2D eigenvalue weighted by molar-refractivity contribution is 7.91. The van der Waals surface area contributed by atoms with Gasteiger partial charge in [0.15, 0.2) is 0 Å². The van der Waals surface area contributed by atoms with Gasteiger partial charge in [0.05, 0.1) is 22.8 Å². The first-order valence-electron chi connectivity index (χ1n) is 13.5. The maximum Gasteiger partial charge on any atom is 0.298 e. The summed E-state index contributed by atoms with van der Waals surface area (Å²) in [6, 6.07) is 9.04. The molecule has 8 bridgehead atoms. The van der Waals surface area contributed by atoms with Gasteiger partial charge in [-0.15, -0.1) is 5.10 Å². The first-order chi connectivity index (χ1) is 19.9. The van der Waals surface area contributed by atoms with Crippen LogP contribution in [0.1, 0.15) is 44.6 Å². The minimum atomic E-state index is -4.78. The Morgan fingerprint density at radius 3 is 2.39 bits per heavy atom. The molecule has 0 spiro atoms. The van der Waals surface area contributed by atoms with Gasteiger partial charge in [0.25, 0.3) is 22.0 Å². The van der Waals surface area contributed by atoms with Crippen LogP contribution in [-0.2, 0) is 10.1 Å². The zero-order valence-corrected chi connectivity index (χ0v) is 23.2. The molecule has 0 unspecified atom stereocenters. The van der Waals surface area contributed by atoms with Crippen LogP contribution in [0.25, 0.3) is 0 Å². The predicted molar refractivity (Wildman–Crippen MR) is 162 cm³/mol. The Morgan fingerprint density at radius 2 is 1.59 bits per heavy atom. The minimum absolute atomic E-state index is 0.0111. The number of guanidine groups is 2. The van der Waals surface area contributed by atoms with Crippen LogP contribution in [-0.4, -0.2) is 59.2 Å². The van der Waals surface area contributed by atoms with E-state index in [1.807, 2.05) is 41.3 Å². The van der Waals surface area contributed by atoms with Gasteiger partial charge < -0.3 is 0 Å². The Balaban J connectivity index is 1.50. The van der Waals surface area contributed by atoms with Gasteiger partial charge in [0.2, 0.25) is 0 Å². The van der Waals surface area contributed by atoms with E-state index in [9.17, 15) is 13.0 Å². The zero-order valence-electron chi connectivity index (χ0n) is 22.4. The Hall–Kier alpha value is -4.55. The average molecular weight is 569 g/mol. The molecule has 0 aromatic heterocycles. The summed E-state index contributed by atoms with van der Waals surface area (Å²) in [5, 5.41) is 4.44. The number of hydrogen-bond acceptors (Lipinski definition) is 10. The number of rotatable bonds is 8. The van der Waals surface area contributed by atoms with E-state index in [0.717, 1.165) is 25.7 Å². The number of hydrogen-bond donors (Lipinski definition) is 2. The van der Waals surface area contributed by atoms with Gasteiger partial charge in [-0.3, -0.25) is 14.9 Å². The Kier molecular flexibility index (Phi) is 7.25. The summed E-state index contributed by atoms with van der Waals surface area (Å²) in [6.45, 7) is 2.84. The van der Waals surface area contributed by atoms with Gasteiger partial charge in [-0.2, -0.15) is 13.4 Å². The number of nitrogens with zero attached hydrogens (tertiary/aromatic N) is 7. The highest BCUT2D eigenvalue weighted by atomic mass is 32.2. The van der Waals surface area contributed by atoms with Crippen LogP contribution >= 0.6 is 0 Å². The van der Waals surface area contributed by atoms with Crippen molar-refractivity contribution in [2.24, 2.45) is 30.1 Å². The smallest absolute Gasteiger partial charge is 0.294 e. The summed E-state index contributed by atoms with van der Waals surface area (Å²) < 4.78 is 36.0. The first-order valence-corrected chi connectivity index (χ1v) is 15.0. The molecule has 0 amide bonds. The summed E-state index contributed by atoms with van der Waals surface area (Å²) >= 11 is 0. The number of hydrazone groups is 1. The number of aliphatic imine (C=N–C) groups is 5. The van der Waals surface area contributed by atoms with Crippen molar-refractivity contribution in [2.75, 3.05) is 6.54 Å². The maximum atomic E-state index is 12.8.